The van der Waals surface area contributed by atoms with Gasteiger partial charge in [0.25, 0.3) is 0 Å². The second-order valence-corrected chi connectivity index (χ2v) is 6.13. The van der Waals surface area contributed by atoms with Gasteiger partial charge in [-0.25, -0.2) is 13.2 Å². The number of benzene rings is 2. The van der Waals surface area contributed by atoms with Crippen LogP contribution in [0, 0.1) is 35.7 Å². The predicted octanol–water partition coefficient (Wildman–Crippen LogP) is 4.24. The molecule has 2 aromatic carbocycles. The maximum atomic E-state index is 13.6. The molecule has 3 nitrogen and oxygen atoms in total. The van der Waals surface area contributed by atoms with Crippen LogP contribution in [0.5, 0.6) is 0 Å². The van der Waals surface area contributed by atoms with Crippen molar-refractivity contribution in [3.63, 3.8) is 0 Å². The minimum Gasteiger partial charge on any atom is -0.352 e. The number of nitrogens with zero attached hydrogens (tertiary/aromatic N) is 1. The molecule has 0 atom stereocenters. The van der Waals surface area contributed by atoms with Crippen LogP contribution in [0.4, 0.5) is 13.2 Å². The van der Waals surface area contributed by atoms with Crippen LogP contribution in [-0.2, 0) is 4.79 Å². The number of carbonyl (C=O) groups excluding carboxylic acids is 1. The topological polar surface area (TPSA) is 52.9 Å². The van der Waals surface area contributed by atoms with Crippen molar-refractivity contribution in [3.05, 3.63) is 64.0 Å². The van der Waals surface area contributed by atoms with Crippen molar-refractivity contribution in [2.45, 2.75) is 19.8 Å². The quantitative estimate of drug-likeness (QED) is 0.646. The zero-order chi connectivity index (χ0) is 18.8. The van der Waals surface area contributed by atoms with Crippen LogP contribution in [0.15, 0.2) is 29.8 Å². The van der Waals surface area contributed by atoms with Gasteiger partial charge >= 0.3 is 0 Å². The third-order valence-electron chi connectivity index (χ3n) is 4.40. The van der Waals surface area contributed by atoms with Gasteiger partial charge in [-0.3, -0.25) is 4.79 Å². The fourth-order valence-corrected chi connectivity index (χ4v) is 3.00. The van der Waals surface area contributed by atoms with Crippen molar-refractivity contribution in [2.75, 3.05) is 6.54 Å². The number of hydrogen-bond donors (Lipinski definition) is 1. The summed E-state index contributed by atoms with van der Waals surface area (Å²) in [7, 11) is 0. The van der Waals surface area contributed by atoms with E-state index in [-0.39, 0.29) is 17.0 Å². The second-order valence-electron chi connectivity index (χ2n) is 6.13. The highest BCUT2D eigenvalue weighted by atomic mass is 19.2. The second kappa shape index (κ2) is 7.04. The maximum absolute atomic E-state index is 13.6. The predicted molar refractivity (Wildman–Crippen MR) is 91.4 cm³/mol. The summed E-state index contributed by atoms with van der Waals surface area (Å²) < 4.78 is 40.5. The normalized spacial score (nSPS) is 15.7. The molecule has 0 bridgehead atoms. The highest BCUT2D eigenvalue weighted by molar-refractivity contribution is 5.99. The maximum Gasteiger partial charge on any atom is 0.247 e. The van der Waals surface area contributed by atoms with Crippen molar-refractivity contribution < 1.29 is 18.0 Å². The van der Waals surface area contributed by atoms with Crippen LogP contribution in [-0.4, -0.2) is 12.5 Å². The summed E-state index contributed by atoms with van der Waals surface area (Å²) in [6, 6.07) is 6.90. The van der Waals surface area contributed by atoms with Gasteiger partial charge in [-0.05, 0) is 72.4 Å². The molecule has 1 aliphatic rings. The van der Waals surface area contributed by atoms with Crippen molar-refractivity contribution in [3.8, 4) is 17.2 Å². The molecule has 1 N–H and O–H groups in total. The molecule has 1 aliphatic heterocycles. The molecular formula is C20H15F3N2O. The first kappa shape index (κ1) is 17.7. The Labute approximate surface area is 148 Å². The van der Waals surface area contributed by atoms with E-state index in [0.29, 0.717) is 35.2 Å². The molecule has 3 rings (SSSR count). The van der Waals surface area contributed by atoms with Crippen LogP contribution < -0.4 is 5.32 Å². The fraction of sp³-hybridized carbons (Fsp3) is 0.200. The summed E-state index contributed by atoms with van der Waals surface area (Å²) in [6.07, 6.45) is 3.11. The zero-order valence-electron chi connectivity index (χ0n) is 14.0. The highest BCUT2D eigenvalue weighted by Gasteiger charge is 2.17. The van der Waals surface area contributed by atoms with Gasteiger partial charge in [-0.1, -0.05) is 0 Å². The molecule has 132 valence electrons. The van der Waals surface area contributed by atoms with E-state index >= 15 is 0 Å². The zero-order valence-corrected chi connectivity index (χ0v) is 14.0. The number of carbonyl (C=O) groups is 1. The number of piperidine rings is 1. The lowest BCUT2D eigenvalue weighted by atomic mass is 9.92. The van der Waals surface area contributed by atoms with Crippen LogP contribution in [0.25, 0.3) is 17.2 Å². The molecule has 1 amide bonds. The van der Waals surface area contributed by atoms with Gasteiger partial charge in [-0.2, -0.15) is 5.26 Å². The Morgan fingerprint density at radius 1 is 1.15 bits per heavy atom. The van der Waals surface area contributed by atoms with E-state index in [9.17, 15) is 23.2 Å². The van der Waals surface area contributed by atoms with E-state index in [1.807, 2.05) is 6.07 Å². The number of nitrogens with one attached hydrogen (secondary N) is 1. The first-order valence-corrected chi connectivity index (χ1v) is 8.09. The number of hydrogen-bond acceptors (Lipinski definition) is 2. The third kappa shape index (κ3) is 3.33. The van der Waals surface area contributed by atoms with E-state index in [2.05, 4.69) is 5.32 Å². The van der Waals surface area contributed by atoms with Gasteiger partial charge in [0.2, 0.25) is 5.91 Å². The molecule has 0 radical (unpaired) electrons. The average molecular weight is 356 g/mol. The summed E-state index contributed by atoms with van der Waals surface area (Å²) in [4.78, 5) is 12.0. The minimum atomic E-state index is -1.54. The Morgan fingerprint density at radius 2 is 1.85 bits per heavy atom. The highest BCUT2D eigenvalue weighted by Crippen LogP contribution is 2.31. The molecule has 26 heavy (non-hydrogen) atoms. The Bertz CT molecular complexity index is 951. The summed E-state index contributed by atoms with van der Waals surface area (Å²) in [5.74, 6) is -4.30. The van der Waals surface area contributed by atoms with Gasteiger partial charge < -0.3 is 5.32 Å². The SMILES string of the molecule is Cc1c(/C=C2\CCCNC2=O)cc(C#N)cc1-c1cc(F)c(F)c(F)c1. The van der Waals surface area contributed by atoms with Crippen molar-refractivity contribution in [2.24, 2.45) is 0 Å². The molecule has 0 aromatic heterocycles. The van der Waals surface area contributed by atoms with Crippen molar-refractivity contribution >= 4 is 12.0 Å². The average Bonchev–Trinajstić information content (AvgIpc) is 2.62. The standard InChI is InChI=1S/C20H15F3N2O/c1-11-14(7-13-3-2-4-25-20(13)26)5-12(10-24)6-16(11)15-8-17(21)19(23)18(22)9-15/h5-9H,2-4H2,1H3,(H,25,26)/b13-7+. The van der Waals surface area contributed by atoms with Crippen LogP contribution in [0.3, 0.4) is 0 Å². The Balaban J connectivity index is 2.17. The molecule has 2 aromatic rings. The lowest BCUT2D eigenvalue weighted by Crippen LogP contribution is -2.30. The van der Waals surface area contributed by atoms with Gasteiger partial charge in [0, 0.05) is 12.1 Å². The van der Waals surface area contributed by atoms with Crippen molar-refractivity contribution in [1.29, 1.82) is 5.26 Å². The fourth-order valence-electron chi connectivity index (χ4n) is 3.00. The van der Waals surface area contributed by atoms with Crippen LogP contribution >= 0.6 is 0 Å². The lowest BCUT2D eigenvalue weighted by molar-refractivity contribution is -0.118. The largest absolute Gasteiger partial charge is 0.352 e. The molecular weight excluding hydrogens is 341 g/mol. The molecule has 0 unspecified atom stereocenters. The number of amides is 1. The molecule has 0 saturated carbocycles. The van der Waals surface area contributed by atoms with Crippen LogP contribution in [0.1, 0.15) is 29.5 Å². The molecule has 1 saturated heterocycles. The van der Waals surface area contributed by atoms with E-state index in [0.717, 1.165) is 18.6 Å². The van der Waals surface area contributed by atoms with E-state index in [1.165, 1.54) is 6.07 Å². The minimum absolute atomic E-state index is 0.128. The Hall–Kier alpha value is -3.07. The van der Waals surface area contributed by atoms with E-state index in [4.69, 9.17) is 0 Å². The van der Waals surface area contributed by atoms with Crippen molar-refractivity contribution in [1.82, 2.24) is 5.32 Å². The van der Waals surface area contributed by atoms with E-state index < -0.39 is 17.5 Å². The Morgan fingerprint density at radius 3 is 2.46 bits per heavy atom. The summed E-state index contributed by atoms with van der Waals surface area (Å²) >= 11 is 0. The molecule has 1 fully saturated rings. The molecule has 0 aliphatic carbocycles. The van der Waals surface area contributed by atoms with E-state index in [1.54, 1.807) is 19.1 Å². The monoisotopic (exact) mass is 356 g/mol. The summed E-state index contributed by atoms with van der Waals surface area (Å²) in [6.45, 7) is 2.34. The summed E-state index contributed by atoms with van der Waals surface area (Å²) in [5.41, 5.74) is 2.64. The van der Waals surface area contributed by atoms with Gasteiger partial charge in [0.05, 0.1) is 11.6 Å². The summed E-state index contributed by atoms with van der Waals surface area (Å²) in [5, 5.41) is 12.0. The van der Waals surface area contributed by atoms with Gasteiger partial charge in [-0.15, -0.1) is 0 Å². The first-order valence-electron chi connectivity index (χ1n) is 8.09. The van der Waals surface area contributed by atoms with Gasteiger partial charge in [0.1, 0.15) is 0 Å². The molecule has 6 heteroatoms. The third-order valence-corrected chi connectivity index (χ3v) is 4.40. The molecule has 0 spiro atoms. The number of rotatable bonds is 2. The molecule has 1 heterocycles. The first-order chi connectivity index (χ1) is 12.4. The lowest BCUT2D eigenvalue weighted by Gasteiger charge is -2.16. The smallest absolute Gasteiger partial charge is 0.247 e. The number of nitriles is 1. The number of halogens is 3. The Kier molecular flexibility index (Phi) is 4.81. The van der Waals surface area contributed by atoms with Gasteiger partial charge in [0.15, 0.2) is 17.5 Å². The van der Waals surface area contributed by atoms with Crippen LogP contribution in [0.2, 0.25) is 0 Å².